The molecule has 1 aromatic carbocycles. The molecular formula is C17H22F3NO5. The number of anilines is 1. The van der Waals surface area contributed by atoms with E-state index in [1.54, 1.807) is 0 Å². The Morgan fingerprint density at radius 2 is 1.81 bits per heavy atom. The van der Waals surface area contributed by atoms with Gasteiger partial charge in [-0.3, -0.25) is 4.79 Å². The van der Waals surface area contributed by atoms with Crippen LogP contribution in [0, 0.1) is 5.41 Å². The van der Waals surface area contributed by atoms with Crippen molar-refractivity contribution in [1.29, 1.82) is 0 Å². The number of carbonyl (C=O) groups excluding carboxylic acids is 2. The summed E-state index contributed by atoms with van der Waals surface area (Å²) in [4.78, 5) is 23.5. The van der Waals surface area contributed by atoms with Crippen molar-refractivity contribution in [3.63, 3.8) is 0 Å². The summed E-state index contributed by atoms with van der Waals surface area (Å²) in [5.74, 6) is -0.997. The molecule has 0 aliphatic rings. The molecule has 146 valence electrons. The van der Waals surface area contributed by atoms with Gasteiger partial charge in [0.2, 0.25) is 5.91 Å². The molecule has 0 aliphatic heterocycles. The fourth-order valence-electron chi connectivity index (χ4n) is 1.67. The Labute approximate surface area is 149 Å². The first-order chi connectivity index (χ1) is 12.0. The molecule has 1 aromatic rings. The smallest absolute Gasteiger partial charge is 0.422 e. The van der Waals surface area contributed by atoms with Gasteiger partial charge in [-0.25, -0.2) is 4.79 Å². The van der Waals surface area contributed by atoms with Crippen LogP contribution in [0.25, 0.3) is 0 Å². The lowest BCUT2D eigenvalue weighted by Gasteiger charge is -2.22. The maximum absolute atomic E-state index is 12.2. The van der Waals surface area contributed by atoms with E-state index in [1.165, 1.54) is 25.3 Å². The lowest BCUT2D eigenvalue weighted by atomic mass is 9.89. The Morgan fingerprint density at radius 3 is 2.35 bits per heavy atom. The third kappa shape index (κ3) is 6.81. The van der Waals surface area contributed by atoms with Crippen LogP contribution in [0.4, 0.5) is 18.9 Å². The zero-order valence-electron chi connectivity index (χ0n) is 15.0. The number of methoxy groups -OCH3 is 1. The predicted octanol–water partition coefficient (Wildman–Crippen LogP) is 3.55. The minimum atomic E-state index is -4.60. The lowest BCUT2D eigenvalue weighted by molar-refractivity contribution is -0.187. The van der Waals surface area contributed by atoms with E-state index in [9.17, 15) is 22.8 Å². The summed E-state index contributed by atoms with van der Waals surface area (Å²) in [7, 11) is 1.35. The molecule has 0 heterocycles. The number of alkyl halides is 3. The normalized spacial score (nSPS) is 11.7. The molecule has 0 saturated carbocycles. The third-order valence-corrected chi connectivity index (χ3v) is 3.66. The number of carbonyl (C=O) groups is 2. The van der Waals surface area contributed by atoms with Crippen molar-refractivity contribution in [2.24, 2.45) is 5.41 Å². The van der Waals surface area contributed by atoms with E-state index in [4.69, 9.17) is 9.47 Å². The standard InChI is InChI=1S/C17H22F3NO5/c1-5-16(2,3)15(23)21-11-6-7-12(13(8-11)24-4)25-9-14(22)26-10-17(18,19)20/h6-8H,5,9-10H2,1-4H3,(H,21,23). The molecule has 9 heteroatoms. The molecule has 1 N–H and O–H groups in total. The topological polar surface area (TPSA) is 73.9 Å². The quantitative estimate of drug-likeness (QED) is 0.702. The summed E-state index contributed by atoms with van der Waals surface area (Å²) in [5.41, 5.74) is -0.0923. The average Bonchev–Trinajstić information content (AvgIpc) is 2.57. The van der Waals surface area contributed by atoms with Gasteiger partial charge in [-0.2, -0.15) is 13.2 Å². The Balaban J connectivity index is 2.71. The summed E-state index contributed by atoms with van der Waals surface area (Å²) < 4.78 is 50.2. The highest BCUT2D eigenvalue weighted by molar-refractivity contribution is 5.95. The van der Waals surface area contributed by atoms with E-state index >= 15 is 0 Å². The van der Waals surface area contributed by atoms with Gasteiger partial charge in [0.25, 0.3) is 0 Å². The molecule has 0 aromatic heterocycles. The summed E-state index contributed by atoms with van der Waals surface area (Å²) in [6.07, 6.45) is -3.95. The van der Waals surface area contributed by atoms with Crippen molar-refractivity contribution in [2.75, 3.05) is 25.6 Å². The number of halogens is 3. The number of hydrogen-bond acceptors (Lipinski definition) is 5. The molecule has 0 unspecified atom stereocenters. The van der Waals surface area contributed by atoms with Crippen LogP contribution < -0.4 is 14.8 Å². The predicted molar refractivity (Wildman–Crippen MR) is 88.2 cm³/mol. The molecule has 1 amide bonds. The van der Waals surface area contributed by atoms with E-state index in [1.807, 2.05) is 20.8 Å². The molecule has 6 nitrogen and oxygen atoms in total. The Morgan fingerprint density at radius 1 is 1.15 bits per heavy atom. The Kier molecular flexibility index (Phi) is 7.29. The van der Waals surface area contributed by atoms with E-state index in [0.717, 1.165) is 0 Å². The Bertz CT molecular complexity index is 644. The summed E-state index contributed by atoms with van der Waals surface area (Å²) in [6, 6.07) is 4.45. The zero-order chi connectivity index (χ0) is 20.0. The van der Waals surface area contributed by atoms with Crippen molar-refractivity contribution in [3.05, 3.63) is 18.2 Å². The summed E-state index contributed by atoms with van der Waals surface area (Å²) in [5, 5.41) is 2.75. The first-order valence-corrected chi connectivity index (χ1v) is 7.83. The summed E-state index contributed by atoms with van der Waals surface area (Å²) >= 11 is 0. The van der Waals surface area contributed by atoms with Gasteiger partial charge in [-0.15, -0.1) is 0 Å². The molecule has 0 radical (unpaired) electrons. The average molecular weight is 377 g/mol. The van der Waals surface area contributed by atoms with Crippen LogP contribution in [-0.2, 0) is 14.3 Å². The monoisotopic (exact) mass is 377 g/mol. The van der Waals surface area contributed by atoms with Crippen LogP contribution in [0.15, 0.2) is 18.2 Å². The highest BCUT2D eigenvalue weighted by Gasteiger charge is 2.29. The maximum Gasteiger partial charge on any atom is 0.422 e. The van der Waals surface area contributed by atoms with Gasteiger partial charge in [-0.1, -0.05) is 20.8 Å². The van der Waals surface area contributed by atoms with Gasteiger partial charge < -0.3 is 19.5 Å². The van der Waals surface area contributed by atoms with E-state index in [0.29, 0.717) is 12.1 Å². The van der Waals surface area contributed by atoms with Crippen LogP contribution >= 0.6 is 0 Å². The molecule has 26 heavy (non-hydrogen) atoms. The van der Waals surface area contributed by atoms with Crippen molar-refractivity contribution >= 4 is 17.6 Å². The molecule has 0 aliphatic carbocycles. The maximum atomic E-state index is 12.2. The number of hydrogen-bond donors (Lipinski definition) is 1. The lowest BCUT2D eigenvalue weighted by Crippen LogP contribution is -2.29. The first kappa shape index (κ1) is 21.6. The van der Waals surface area contributed by atoms with E-state index < -0.39 is 30.8 Å². The highest BCUT2D eigenvalue weighted by atomic mass is 19.4. The van der Waals surface area contributed by atoms with Crippen molar-refractivity contribution in [1.82, 2.24) is 0 Å². The van der Waals surface area contributed by atoms with Gasteiger partial charge in [0.15, 0.2) is 24.7 Å². The van der Waals surface area contributed by atoms with Crippen molar-refractivity contribution < 1.29 is 37.0 Å². The van der Waals surface area contributed by atoms with Crippen LogP contribution in [0.1, 0.15) is 27.2 Å². The molecule has 0 fully saturated rings. The number of amides is 1. The van der Waals surface area contributed by atoms with Crippen LogP contribution in [0.5, 0.6) is 11.5 Å². The van der Waals surface area contributed by atoms with E-state index in [-0.39, 0.29) is 17.4 Å². The second-order valence-corrected chi connectivity index (χ2v) is 6.12. The molecule has 0 atom stereocenters. The molecule has 0 saturated heterocycles. The Hall–Kier alpha value is -2.45. The minimum Gasteiger partial charge on any atom is -0.493 e. The number of benzene rings is 1. The van der Waals surface area contributed by atoms with Gasteiger partial charge >= 0.3 is 12.1 Å². The third-order valence-electron chi connectivity index (χ3n) is 3.66. The fourth-order valence-corrected chi connectivity index (χ4v) is 1.67. The van der Waals surface area contributed by atoms with Crippen molar-refractivity contribution in [3.8, 4) is 11.5 Å². The second kappa shape index (κ2) is 8.77. The van der Waals surface area contributed by atoms with Gasteiger partial charge in [-0.05, 0) is 18.6 Å². The minimum absolute atomic E-state index is 0.129. The van der Waals surface area contributed by atoms with Gasteiger partial charge in [0.05, 0.1) is 7.11 Å². The molecular weight excluding hydrogens is 355 g/mol. The zero-order valence-corrected chi connectivity index (χ0v) is 15.0. The summed E-state index contributed by atoms with van der Waals surface area (Å²) in [6.45, 7) is 3.13. The fraction of sp³-hybridized carbons (Fsp3) is 0.529. The number of rotatable bonds is 8. The van der Waals surface area contributed by atoms with Crippen LogP contribution in [0.2, 0.25) is 0 Å². The molecule has 0 bridgehead atoms. The SMILES string of the molecule is CCC(C)(C)C(=O)Nc1ccc(OCC(=O)OCC(F)(F)F)c(OC)c1. The van der Waals surface area contributed by atoms with E-state index in [2.05, 4.69) is 10.1 Å². The van der Waals surface area contributed by atoms with Crippen LogP contribution in [-0.4, -0.2) is 38.4 Å². The number of ether oxygens (including phenoxy) is 3. The number of esters is 1. The van der Waals surface area contributed by atoms with Crippen molar-refractivity contribution in [2.45, 2.75) is 33.4 Å². The second-order valence-electron chi connectivity index (χ2n) is 6.12. The van der Waals surface area contributed by atoms with Gasteiger partial charge in [0.1, 0.15) is 0 Å². The molecule has 1 rings (SSSR count). The largest absolute Gasteiger partial charge is 0.493 e. The number of nitrogens with one attached hydrogen (secondary N) is 1. The highest BCUT2D eigenvalue weighted by Crippen LogP contribution is 2.31. The van der Waals surface area contributed by atoms with Crippen LogP contribution in [0.3, 0.4) is 0 Å². The molecule has 0 spiro atoms. The first-order valence-electron chi connectivity index (χ1n) is 7.83. The van der Waals surface area contributed by atoms with Gasteiger partial charge in [0, 0.05) is 17.2 Å².